The molecule has 0 atom stereocenters. The molecule has 0 heterocycles. The lowest BCUT2D eigenvalue weighted by atomic mass is 9.84. The van der Waals surface area contributed by atoms with Crippen molar-refractivity contribution in [1.82, 2.24) is 0 Å². The Morgan fingerprint density at radius 1 is 1.45 bits per heavy atom. The van der Waals surface area contributed by atoms with Crippen LogP contribution in [0.15, 0.2) is 0 Å². The van der Waals surface area contributed by atoms with Crippen LogP contribution in [0, 0.1) is 17.3 Å². The van der Waals surface area contributed by atoms with E-state index in [0.717, 1.165) is 6.42 Å². The highest BCUT2D eigenvalue weighted by atomic mass is 16.1. The van der Waals surface area contributed by atoms with Gasteiger partial charge in [-0.3, -0.25) is 4.79 Å². The van der Waals surface area contributed by atoms with Gasteiger partial charge in [-0.05, 0) is 13.3 Å². The fourth-order valence-electron chi connectivity index (χ4n) is 0.605. The van der Waals surface area contributed by atoms with Gasteiger partial charge in [-0.15, -0.1) is 5.92 Å². The van der Waals surface area contributed by atoms with Gasteiger partial charge in [0.25, 0.3) is 0 Å². The second-order valence-corrected chi connectivity index (χ2v) is 3.26. The Balaban J connectivity index is 4.09. The molecule has 11 heavy (non-hydrogen) atoms. The van der Waals surface area contributed by atoms with Gasteiger partial charge < -0.3 is 0 Å². The molecule has 0 unspecified atom stereocenters. The molecule has 1 heteroatoms. The molecule has 0 N–H and O–H groups in total. The van der Waals surface area contributed by atoms with Gasteiger partial charge in [-0.2, -0.15) is 0 Å². The van der Waals surface area contributed by atoms with E-state index in [1.807, 2.05) is 20.8 Å². The van der Waals surface area contributed by atoms with Crippen molar-refractivity contribution in [2.45, 2.75) is 40.5 Å². The van der Waals surface area contributed by atoms with E-state index in [0.29, 0.717) is 6.42 Å². The zero-order chi connectivity index (χ0) is 8.91. The first-order valence-corrected chi connectivity index (χ1v) is 3.97. The summed E-state index contributed by atoms with van der Waals surface area (Å²) >= 11 is 0. The van der Waals surface area contributed by atoms with E-state index in [1.165, 1.54) is 0 Å². The summed E-state index contributed by atoms with van der Waals surface area (Å²) in [5, 5.41) is 0. The molecule has 0 aliphatic carbocycles. The summed E-state index contributed by atoms with van der Waals surface area (Å²) in [7, 11) is 0. The summed E-state index contributed by atoms with van der Waals surface area (Å²) in [5.74, 6) is 5.76. The molecule has 0 amide bonds. The molecule has 0 aromatic rings. The highest BCUT2D eigenvalue weighted by Crippen LogP contribution is 2.21. The number of carbonyl (C=O) groups excluding carboxylic acids is 1. The van der Waals surface area contributed by atoms with Crippen molar-refractivity contribution in [2.75, 3.05) is 0 Å². The highest BCUT2D eigenvalue weighted by molar-refractivity contribution is 5.85. The second kappa shape index (κ2) is 4.18. The van der Waals surface area contributed by atoms with Crippen LogP contribution < -0.4 is 0 Å². The summed E-state index contributed by atoms with van der Waals surface area (Å²) in [5.41, 5.74) is -0.191. The standard InChI is InChI=1S/C10H16O/c1-5-7-8-9(11)10(3,4)6-2/h6,8H2,1-4H3. The largest absolute Gasteiger partial charge is 0.298 e. The predicted octanol–water partition coefficient (Wildman–Crippen LogP) is 2.41. The average Bonchev–Trinajstić information content (AvgIpc) is 2.00. The van der Waals surface area contributed by atoms with Gasteiger partial charge in [0.05, 0.1) is 6.42 Å². The number of Topliss-reactive ketones (excluding diaryl/α,β-unsaturated/α-hetero) is 1. The first-order valence-electron chi connectivity index (χ1n) is 3.97. The van der Waals surface area contributed by atoms with Gasteiger partial charge in [0.1, 0.15) is 5.78 Å². The van der Waals surface area contributed by atoms with Crippen LogP contribution in [0.1, 0.15) is 40.5 Å². The third kappa shape index (κ3) is 3.23. The molecule has 0 spiro atoms. The number of hydrogen-bond acceptors (Lipinski definition) is 1. The fourth-order valence-corrected chi connectivity index (χ4v) is 0.605. The molecule has 0 aromatic heterocycles. The van der Waals surface area contributed by atoms with Gasteiger partial charge in [0, 0.05) is 5.41 Å². The fraction of sp³-hybridized carbons (Fsp3) is 0.700. The van der Waals surface area contributed by atoms with Crippen LogP contribution in [0.2, 0.25) is 0 Å². The zero-order valence-corrected chi connectivity index (χ0v) is 7.82. The minimum absolute atomic E-state index is 0.191. The monoisotopic (exact) mass is 152 g/mol. The van der Waals surface area contributed by atoms with E-state index in [2.05, 4.69) is 11.8 Å². The van der Waals surface area contributed by atoms with Crippen molar-refractivity contribution >= 4 is 5.78 Å². The van der Waals surface area contributed by atoms with Gasteiger partial charge in [-0.1, -0.05) is 26.7 Å². The summed E-state index contributed by atoms with van der Waals surface area (Å²) < 4.78 is 0. The predicted molar refractivity (Wildman–Crippen MR) is 47.1 cm³/mol. The average molecular weight is 152 g/mol. The van der Waals surface area contributed by atoms with Crippen LogP contribution in [0.5, 0.6) is 0 Å². The van der Waals surface area contributed by atoms with Crippen molar-refractivity contribution in [3.63, 3.8) is 0 Å². The summed E-state index contributed by atoms with van der Waals surface area (Å²) in [4.78, 5) is 11.4. The molecular weight excluding hydrogens is 136 g/mol. The minimum Gasteiger partial charge on any atom is -0.298 e. The smallest absolute Gasteiger partial charge is 0.150 e. The van der Waals surface area contributed by atoms with E-state index >= 15 is 0 Å². The number of ketones is 1. The maximum atomic E-state index is 11.4. The van der Waals surface area contributed by atoms with Crippen molar-refractivity contribution < 1.29 is 4.79 Å². The van der Waals surface area contributed by atoms with Crippen LogP contribution in [0.25, 0.3) is 0 Å². The molecule has 0 fully saturated rings. The molecule has 0 bridgehead atoms. The molecule has 62 valence electrons. The maximum Gasteiger partial charge on any atom is 0.150 e. The van der Waals surface area contributed by atoms with E-state index in [-0.39, 0.29) is 11.2 Å². The Morgan fingerprint density at radius 3 is 2.36 bits per heavy atom. The summed E-state index contributed by atoms with van der Waals surface area (Å²) in [6.45, 7) is 7.71. The lowest BCUT2D eigenvalue weighted by Gasteiger charge is -2.18. The van der Waals surface area contributed by atoms with Gasteiger partial charge in [0.2, 0.25) is 0 Å². The third-order valence-electron chi connectivity index (χ3n) is 2.06. The SMILES string of the molecule is CC#CCC(=O)C(C)(C)CC. The Morgan fingerprint density at radius 2 is 2.00 bits per heavy atom. The van der Waals surface area contributed by atoms with Crippen LogP contribution >= 0.6 is 0 Å². The molecule has 0 aliphatic heterocycles. The normalized spacial score (nSPS) is 10.2. The van der Waals surface area contributed by atoms with Crippen molar-refractivity contribution in [3.05, 3.63) is 0 Å². The van der Waals surface area contributed by atoms with E-state index in [1.54, 1.807) is 6.92 Å². The Bertz CT molecular complexity index is 191. The Labute approximate surface area is 69.2 Å². The highest BCUT2D eigenvalue weighted by Gasteiger charge is 2.23. The van der Waals surface area contributed by atoms with Crippen LogP contribution in [0.4, 0.5) is 0 Å². The first-order chi connectivity index (χ1) is 5.04. The third-order valence-corrected chi connectivity index (χ3v) is 2.06. The topological polar surface area (TPSA) is 17.1 Å². The van der Waals surface area contributed by atoms with E-state index in [9.17, 15) is 4.79 Å². The molecule has 0 aromatic carbocycles. The Kier molecular flexibility index (Phi) is 3.89. The second-order valence-electron chi connectivity index (χ2n) is 3.26. The van der Waals surface area contributed by atoms with Crippen LogP contribution in [-0.2, 0) is 4.79 Å². The Hall–Kier alpha value is -0.770. The molecule has 0 saturated carbocycles. The van der Waals surface area contributed by atoms with Gasteiger partial charge in [-0.25, -0.2) is 0 Å². The molecule has 0 radical (unpaired) electrons. The van der Waals surface area contributed by atoms with Crippen LogP contribution in [0.3, 0.4) is 0 Å². The number of hydrogen-bond donors (Lipinski definition) is 0. The van der Waals surface area contributed by atoms with Crippen molar-refractivity contribution in [2.24, 2.45) is 5.41 Å². The molecule has 0 rings (SSSR count). The molecular formula is C10H16O. The lowest BCUT2D eigenvalue weighted by Crippen LogP contribution is -2.22. The van der Waals surface area contributed by atoms with Crippen molar-refractivity contribution in [3.8, 4) is 11.8 Å². The van der Waals surface area contributed by atoms with Crippen LogP contribution in [-0.4, -0.2) is 5.78 Å². The molecule has 0 aliphatic rings. The number of rotatable bonds is 3. The lowest BCUT2D eigenvalue weighted by molar-refractivity contribution is -0.126. The van der Waals surface area contributed by atoms with E-state index in [4.69, 9.17) is 0 Å². The minimum atomic E-state index is -0.191. The van der Waals surface area contributed by atoms with Crippen molar-refractivity contribution in [1.29, 1.82) is 0 Å². The summed E-state index contributed by atoms with van der Waals surface area (Å²) in [6.07, 6.45) is 1.29. The zero-order valence-electron chi connectivity index (χ0n) is 7.82. The number of carbonyl (C=O) groups is 1. The van der Waals surface area contributed by atoms with Gasteiger partial charge >= 0.3 is 0 Å². The van der Waals surface area contributed by atoms with Gasteiger partial charge in [0.15, 0.2) is 0 Å². The summed E-state index contributed by atoms with van der Waals surface area (Å²) in [6, 6.07) is 0. The molecule has 1 nitrogen and oxygen atoms in total. The molecule has 0 saturated heterocycles. The maximum absolute atomic E-state index is 11.4. The first kappa shape index (κ1) is 10.2. The van der Waals surface area contributed by atoms with E-state index < -0.39 is 0 Å². The quantitative estimate of drug-likeness (QED) is 0.567.